The molecule has 0 unspecified atom stereocenters. The summed E-state index contributed by atoms with van der Waals surface area (Å²) in [5, 5.41) is 6.97. The number of benzene rings is 1. The highest BCUT2D eigenvalue weighted by atomic mass is 19.1. The van der Waals surface area contributed by atoms with Crippen molar-refractivity contribution in [2.24, 2.45) is 0 Å². The van der Waals surface area contributed by atoms with Crippen LogP contribution in [0.15, 0.2) is 35.1 Å². The number of anilines is 1. The summed E-state index contributed by atoms with van der Waals surface area (Å²) in [5.41, 5.74) is 2.87. The summed E-state index contributed by atoms with van der Waals surface area (Å²) >= 11 is 0. The minimum absolute atomic E-state index is 0.0733. The molecule has 7 nitrogen and oxygen atoms in total. The molecule has 4 rings (SSSR count). The van der Waals surface area contributed by atoms with Crippen molar-refractivity contribution in [3.63, 3.8) is 0 Å². The van der Waals surface area contributed by atoms with Crippen LogP contribution in [0.2, 0.25) is 0 Å². The largest absolute Gasteiger partial charge is 0.322 e. The monoisotopic (exact) mass is 395 g/mol. The molecule has 2 heterocycles. The van der Waals surface area contributed by atoms with E-state index in [0.717, 1.165) is 36.3 Å². The molecule has 0 aliphatic heterocycles. The highest BCUT2D eigenvalue weighted by molar-refractivity contribution is 5.90. The van der Waals surface area contributed by atoms with E-state index in [1.165, 1.54) is 16.7 Å². The fourth-order valence-corrected chi connectivity index (χ4v) is 3.71. The van der Waals surface area contributed by atoms with Gasteiger partial charge in [0.05, 0.1) is 17.1 Å². The van der Waals surface area contributed by atoms with Crippen molar-refractivity contribution >= 4 is 11.6 Å². The van der Waals surface area contributed by atoms with Gasteiger partial charge in [0.25, 0.3) is 5.56 Å². The standard InChI is InChI=1S/C21H22FN5O2/c1-13-11-14(2)27(25-13)21-24-17-9-5-3-7-15(17)20(29)26(21)12-19(28)23-18-10-6-4-8-16(18)22/h4,6,8,10-11H,3,5,7,9,12H2,1-2H3,(H,23,28). The van der Waals surface area contributed by atoms with Crippen LogP contribution < -0.4 is 10.9 Å². The van der Waals surface area contributed by atoms with E-state index in [9.17, 15) is 14.0 Å². The maximum atomic E-state index is 13.9. The number of rotatable bonds is 4. The van der Waals surface area contributed by atoms with Gasteiger partial charge in [-0.25, -0.2) is 14.1 Å². The zero-order valence-corrected chi connectivity index (χ0v) is 16.4. The molecule has 0 spiro atoms. The number of nitrogens with one attached hydrogen (secondary N) is 1. The lowest BCUT2D eigenvalue weighted by atomic mass is 9.97. The lowest BCUT2D eigenvalue weighted by molar-refractivity contribution is -0.116. The Morgan fingerprint density at radius 1 is 1.21 bits per heavy atom. The summed E-state index contributed by atoms with van der Waals surface area (Å²) in [6.45, 7) is 3.45. The number of halogens is 1. The van der Waals surface area contributed by atoms with Crippen LogP contribution in [0.4, 0.5) is 10.1 Å². The Bertz CT molecular complexity index is 1150. The van der Waals surface area contributed by atoms with Crippen molar-refractivity contribution < 1.29 is 9.18 Å². The number of amides is 1. The summed E-state index contributed by atoms with van der Waals surface area (Å²) in [4.78, 5) is 30.5. The minimum atomic E-state index is -0.532. The number of hydrogen-bond donors (Lipinski definition) is 1. The van der Waals surface area contributed by atoms with E-state index in [1.807, 2.05) is 19.9 Å². The Kier molecular flexibility index (Phi) is 5.00. The molecule has 2 aromatic heterocycles. The summed E-state index contributed by atoms with van der Waals surface area (Å²) < 4.78 is 16.8. The van der Waals surface area contributed by atoms with Gasteiger partial charge in [0.1, 0.15) is 12.4 Å². The average molecular weight is 395 g/mol. The average Bonchev–Trinajstić information content (AvgIpc) is 3.03. The highest BCUT2D eigenvalue weighted by Gasteiger charge is 2.23. The first kappa shape index (κ1) is 19.0. The molecule has 0 fully saturated rings. The van der Waals surface area contributed by atoms with Crippen molar-refractivity contribution in [1.82, 2.24) is 19.3 Å². The molecule has 0 atom stereocenters. The molecule has 150 valence electrons. The van der Waals surface area contributed by atoms with Crippen LogP contribution in [0.25, 0.3) is 5.95 Å². The normalized spacial score (nSPS) is 13.2. The number of carbonyl (C=O) groups excluding carboxylic acids is 1. The molecule has 0 saturated carbocycles. The third-order valence-corrected chi connectivity index (χ3v) is 5.07. The van der Waals surface area contributed by atoms with E-state index in [0.29, 0.717) is 17.9 Å². The van der Waals surface area contributed by atoms with Crippen LogP contribution in [-0.4, -0.2) is 25.2 Å². The summed E-state index contributed by atoms with van der Waals surface area (Å²) in [7, 11) is 0. The number of para-hydroxylation sites is 1. The first-order chi connectivity index (χ1) is 13.9. The highest BCUT2D eigenvalue weighted by Crippen LogP contribution is 2.19. The van der Waals surface area contributed by atoms with Gasteiger partial charge in [0, 0.05) is 11.3 Å². The van der Waals surface area contributed by atoms with Gasteiger partial charge in [-0.1, -0.05) is 12.1 Å². The molecule has 0 saturated heterocycles. The van der Waals surface area contributed by atoms with Gasteiger partial charge < -0.3 is 5.32 Å². The predicted molar refractivity (Wildman–Crippen MR) is 107 cm³/mol. The van der Waals surface area contributed by atoms with Crippen molar-refractivity contribution in [3.8, 4) is 5.95 Å². The lowest BCUT2D eigenvalue weighted by Gasteiger charge is -2.20. The maximum absolute atomic E-state index is 13.9. The van der Waals surface area contributed by atoms with Crippen molar-refractivity contribution in [1.29, 1.82) is 0 Å². The summed E-state index contributed by atoms with van der Waals surface area (Å²) in [6, 6.07) is 7.80. The number of fused-ring (bicyclic) bond motifs is 1. The van der Waals surface area contributed by atoms with Crippen LogP contribution in [0.3, 0.4) is 0 Å². The molecular weight excluding hydrogens is 373 g/mol. The number of aryl methyl sites for hydroxylation is 3. The first-order valence-corrected chi connectivity index (χ1v) is 9.64. The molecule has 8 heteroatoms. The van der Waals surface area contributed by atoms with Crippen molar-refractivity contribution in [3.05, 3.63) is 69.1 Å². The molecule has 1 aliphatic carbocycles. The SMILES string of the molecule is Cc1cc(C)n(-c2nc3c(c(=O)n2CC(=O)Nc2ccccc2F)CCCC3)n1. The Morgan fingerprint density at radius 3 is 2.69 bits per heavy atom. The van der Waals surface area contributed by atoms with Gasteiger partial charge in [-0.3, -0.25) is 14.2 Å². The van der Waals surface area contributed by atoms with Gasteiger partial charge in [0.15, 0.2) is 0 Å². The quantitative estimate of drug-likeness (QED) is 0.736. The fourth-order valence-electron chi connectivity index (χ4n) is 3.71. The molecule has 1 aliphatic rings. The van der Waals surface area contributed by atoms with Gasteiger partial charge in [-0.15, -0.1) is 0 Å². The lowest BCUT2D eigenvalue weighted by Crippen LogP contribution is -2.36. The van der Waals surface area contributed by atoms with E-state index in [1.54, 1.807) is 16.8 Å². The zero-order chi connectivity index (χ0) is 20.5. The third-order valence-electron chi connectivity index (χ3n) is 5.07. The smallest absolute Gasteiger partial charge is 0.258 e. The maximum Gasteiger partial charge on any atom is 0.258 e. The topological polar surface area (TPSA) is 81.8 Å². The van der Waals surface area contributed by atoms with Gasteiger partial charge in [0.2, 0.25) is 11.9 Å². The molecule has 0 radical (unpaired) electrons. The third kappa shape index (κ3) is 3.70. The van der Waals surface area contributed by atoms with Gasteiger partial charge >= 0.3 is 0 Å². The molecule has 3 aromatic rings. The molecule has 1 amide bonds. The van der Waals surface area contributed by atoms with Crippen molar-refractivity contribution in [2.45, 2.75) is 46.1 Å². The van der Waals surface area contributed by atoms with Crippen LogP contribution in [0.5, 0.6) is 0 Å². The van der Waals surface area contributed by atoms with Crippen molar-refractivity contribution in [2.75, 3.05) is 5.32 Å². The van der Waals surface area contributed by atoms with E-state index in [-0.39, 0.29) is 17.8 Å². The van der Waals surface area contributed by atoms with E-state index in [4.69, 9.17) is 4.98 Å². The molecule has 1 N–H and O–H groups in total. The van der Waals surface area contributed by atoms with Crippen LogP contribution >= 0.6 is 0 Å². The second-order valence-electron chi connectivity index (χ2n) is 7.30. The zero-order valence-electron chi connectivity index (χ0n) is 16.4. The first-order valence-electron chi connectivity index (χ1n) is 9.64. The van der Waals surface area contributed by atoms with E-state index < -0.39 is 11.7 Å². The van der Waals surface area contributed by atoms with Crippen LogP contribution in [0, 0.1) is 19.7 Å². The second-order valence-corrected chi connectivity index (χ2v) is 7.30. The molecule has 1 aromatic carbocycles. The Labute approximate surface area is 167 Å². The summed E-state index contributed by atoms with van der Waals surface area (Å²) in [5.74, 6) is -0.724. The second kappa shape index (κ2) is 7.62. The summed E-state index contributed by atoms with van der Waals surface area (Å²) in [6.07, 6.45) is 3.28. The number of hydrogen-bond acceptors (Lipinski definition) is 4. The van der Waals surface area contributed by atoms with E-state index in [2.05, 4.69) is 10.4 Å². The number of nitrogens with zero attached hydrogens (tertiary/aromatic N) is 4. The van der Waals surface area contributed by atoms with Crippen LogP contribution in [0.1, 0.15) is 35.5 Å². The van der Waals surface area contributed by atoms with Gasteiger partial charge in [-0.2, -0.15) is 5.10 Å². The minimum Gasteiger partial charge on any atom is -0.322 e. The molecule has 29 heavy (non-hydrogen) atoms. The van der Waals surface area contributed by atoms with Crippen LogP contribution in [-0.2, 0) is 24.2 Å². The number of aromatic nitrogens is 4. The van der Waals surface area contributed by atoms with Gasteiger partial charge in [-0.05, 0) is 57.7 Å². The fraction of sp³-hybridized carbons (Fsp3) is 0.333. The Hall–Kier alpha value is -3.29. The Balaban J connectivity index is 1.77. The molecule has 0 bridgehead atoms. The van der Waals surface area contributed by atoms with E-state index >= 15 is 0 Å². The predicted octanol–water partition coefficient (Wildman–Crippen LogP) is 2.70. The number of carbonyl (C=O) groups is 1. The molecular formula is C21H22FN5O2. The Morgan fingerprint density at radius 2 is 1.97 bits per heavy atom.